The van der Waals surface area contributed by atoms with E-state index in [0.717, 1.165) is 37.1 Å². The van der Waals surface area contributed by atoms with Crippen molar-refractivity contribution in [2.75, 3.05) is 13.1 Å². The lowest BCUT2D eigenvalue weighted by molar-refractivity contribution is 0.0722. The van der Waals surface area contributed by atoms with E-state index in [1.165, 1.54) is 6.42 Å². The summed E-state index contributed by atoms with van der Waals surface area (Å²) in [5.41, 5.74) is 1.76. The first-order chi connectivity index (χ1) is 8.89. The first-order valence-electron chi connectivity index (χ1n) is 6.99. The number of halogens is 1. The maximum Gasteiger partial charge on any atom is 0.254 e. The van der Waals surface area contributed by atoms with Crippen LogP contribution in [0.1, 0.15) is 56.0 Å². The van der Waals surface area contributed by atoms with Crippen molar-refractivity contribution in [3.8, 4) is 0 Å². The van der Waals surface area contributed by atoms with Crippen LogP contribution >= 0.6 is 11.6 Å². The first-order valence-corrected chi connectivity index (χ1v) is 7.37. The Labute approximate surface area is 120 Å². The lowest BCUT2D eigenvalue weighted by Gasteiger charge is -2.30. The van der Waals surface area contributed by atoms with Gasteiger partial charge in [0, 0.05) is 23.7 Å². The molecule has 0 atom stereocenters. The molecular formula is C16H22ClNO. The van der Waals surface area contributed by atoms with Crippen molar-refractivity contribution in [1.29, 1.82) is 0 Å². The molecule has 1 aromatic rings. The highest BCUT2D eigenvalue weighted by molar-refractivity contribution is 6.30. The molecule has 0 aliphatic carbocycles. The van der Waals surface area contributed by atoms with E-state index in [1.807, 2.05) is 23.1 Å². The van der Waals surface area contributed by atoms with Crippen molar-refractivity contribution in [2.24, 2.45) is 0 Å². The van der Waals surface area contributed by atoms with Crippen molar-refractivity contribution in [1.82, 2.24) is 4.90 Å². The van der Waals surface area contributed by atoms with Crippen LogP contribution in [0.15, 0.2) is 18.2 Å². The fourth-order valence-electron chi connectivity index (χ4n) is 2.59. The highest BCUT2D eigenvalue weighted by Crippen LogP contribution is 2.30. The maximum absolute atomic E-state index is 12.7. The smallest absolute Gasteiger partial charge is 0.254 e. The van der Waals surface area contributed by atoms with Crippen LogP contribution in [0.3, 0.4) is 0 Å². The Bertz CT molecular complexity index is 470. The van der Waals surface area contributed by atoms with E-state index in [2.05, 4.69) is 20.8 Å². The fourth-order valence-corrected chi connectivity index (χ4v) is 2.76. The highest BCUT2D eigenvalue weighted by atomic mass is 35.5. The Kier molecular flexibility index (Phi) is 4.19. The summed E-state index contributed by atoms with van der Waals surface area (Å²) in [5.74, 6) is 0.154. The van der Waals surface area contributed by atoms with E-state index in [1.54, 1.807) is 0 Å². The summed E-state index contributed by atoms with van der Waals surface area (Å²) in [6, 6.07) is 5.62. The molecule has 104 valence electrons. The van der Waals surface area contributed by atoms with Gasteiger partial charge in [-0.3, -0.25) is 4.79 Å². The van der Waals surface area contributed by atoms with Gasteiger partial charge in [-0.1, -0.05) is 32.4 Å². The Morgan fingerprint density at radius 2 is 1.79 bits per heavy atom. The standard InChI is InChI=1S/C16H22ClNO/c1-16(2,3)14-11-12(17)7-8-13(14)15(19)18-9-5-4-6-10-18/h7-8,11H,4-6,9-10H2,1-3H3. The molecule has 0 aromatic heterocycles. The number of carbonyl (C=O) groups is 1. The molecule has 1 fully saturated rings. The Morgan fingerprint density at radius 3 is 2.37 bits per heavy atom. The van der Waals surface area contributed by atoms with Crippen molar-refractivity contribution in [3.05, 3.63) is 34.3 Å². The van der Waals surface area contributed by atoms with E-state index in [4.69, 9.17) is 11.6 Å². The third kappa shape index (κ3) is 3.30. The molecule has 2 rings (SSSR count). The number of amides is 1. The molecule has 1 aliphatic heterocycles. The second kappa shape index (κ2) is 5.54. The molecule has 2 nitrogen and oxygen atoms in total. The normalized spacial score (nSPS) is 16.5. The van der Waals surface area contributed by atoms with Crippen LogP contribution in [-0.4, -0.2) is 23.9 Å². The average molecular weight is 280 g/mol. The zero-order valence-corrected chi connectivity index (χ0v) is 12.8. The summed E-state index contributed by atoms with van der Waals surface area (Å²) < 4.78 is 0. The second-order valence-electron chi connectivity index (χ2n) is 6.29. The van der Waals surface area contributed by atoms with E-state index in [0.29, 0.717) is 5.02 Å². The van der Waals surface area contributed by atoms with Crippen molar-refractivity contribution in [2.45, 2.75) is 45.4 Å². The van der Waals surface area contributed by atoms with E-state index < -0.39 is 0 Å². The molecule has 3 heteroatoms. The van der Waals surface area contributed by atoms with E-state index >= 15 is 0 Å². The van der Waals surface area contributed by atoms with Gasteiger partial charge in [0.25, 0.3) is 5.91 Å². The molecule has 1 aromatic carbocycles. The van der Waals surface area contributed by atoms with Crippen molar-refractivity contribution >= 4 is 17.5 Å². The van der Waals surface area contributed by atoms with Gasteiger partial charge in [0.2, 0.25) is 0 Å². The third-order valence-electron chi connectivity index (χ3n) is 3.66. The summed E-state index contributed by atoms with van der Waals surface area (Å²) >= 11 is 6.09. The molecular weight excluding hydrogens is 258 g/mol. The zero-order valence-electron chi connectivity index (χ0n) is 12.0. The van der Waals surface area contributed by atoms with Crippen LogP contribution < -0.4 is 0 Å². The SMILES string of the molecule is CC(C)(C)c1cc(Cl)ccc1C(=O)N1CCCCC1. The number of nitrogens with zero attached hydrogens (tertiary/aromatic N) is 1. The Balaban J connectivity index is 2.35. The van der Waals surface area contributed by atoms with Gasteiger partial charge in [0.15, 0.2) is 0 Å². The summed E-state index contributed by atoms with van der Waals surface area (Å²) in [6.45, 7) is 8.11. The van der Waals surface area contributed by atoms with Gasteiger partial charge in [0.05, 0.1) is 0 Å². The number of hydrogen-bond donors (Lipinski definition) is 0. The van der Waals surface area contributed by atoms with Gasteiger partial charge < -0.3 is 4.90 Å². The minimum Gasteiger partial charge on any atom is -0.339 e. The molecule has 0 bridgehead atoms. The summed E-state index contributed by atoms with van der Waals surface area (Å²) in [7, 11) is 0. The predicted molar refractivity (Wildman–Crippen MR) is 79.9 cm³/mol. The Hall–Kier alpha value is -1.02. The van der Waals surface area contributed by atoms with Crippen molar-refractivity contribution < 1.29 is 4.79 Å². The molecule has 1 aliphatic rings. The molecule has 0 radical (unpaired) electrons. The lowest BCUT2D eigenvalue weighted by Crippen LogP contribution is -2.36. The van der Waals surface area contributed by atoms with Crippen LogP contribution in [0.2, 0.25) is 5.02 Å². The quantitative estimate of drug-likeness (QED) is 0.752. The molecule has 0 spiro atoms. The number of carbonyl (C=O) groups excluding carboxylic acids is 1. The van der Waals surface area contributed by atoms with Gasteiger partial charge in [-0.05, 0) is 48.4 Å². The first kappa shape index (κ1) is 14.4. The fraction of sp³-hybridized carbons (Fsp3) is 0.562. The number of piperidine rings is 1. The van der Waals surface area contributed by atoms with Crippen LogP contribution in [-0.2, 0) is 5.41 Å². The van der Waals surface area contributed by atoms with Crippen LogP contribution in [0.4, 0.5) is 0 Å². The van der Waals surface area contributed by atoms with Gasteiger partial charge in [-0.15, -0.1) is 0 Å². The van der Waals surface area contributed by atoms with Crippen LogP contribution in [0.25, 0.3) is 0 Å². The molecule has 0 unspecified atom stereocenters. The highest BCUT2D eigenvalue weighted by Gasteiger charge is 2.25. The van der Waals surface area contributed by atoms with E-state index in [-0.39, 0.29) is 11.3 Å². The third-order valence-corrected chi connectivity index (χ3v) is 3.90. The van der Waals surface area contributed by atoms with Gasteiger partial charge in [-0.2, -0.15) is 0 Å². The summed E-state index contributed by atoms with van der Waals surface area (Å²) in [6.07, 6.45) is 3.46. The predicted octanol–water partition coefficient (Wildman–Crippen LogP) is 4.26. The molecule has 19 heavy (non-hydrogen) atoms. The lowest BCUT2D eigenvalue weighted by atomic mass is 9.83. The maximum atomic E-state index is 12.7. The minimum absolute atomic E-state index is 0.0777. The number of likely N-dealkylation sites (tertiary alicyclic amines) is 1. The monoisotopic (exact) mass is 279 g/mol. The van der Waals surface area contributed by atoms with Gasteiger partial charge in [0.1, 0.15) is 0 Å². The van der Waals surface area contributed by atoms with Crippen LogP contribution in [0, 0.1) is 0 Å². The summed E-state index contributed by atoms with van der Waals surface area (Å²) in [4.78, 5) is 14.6. The molecule has 1 amide bonds. The van der Waals surface area contributed by atoms with Gasteiger partial charge >= 0.3 is 0 Å². The molecule has 1 saturated heterocycles. The topological polar surface area (TPSA) is 20.3 Å². The number of benzene rings is 1. The Morgan fingerprint density at radius 1 is 1.16 bits per heavy atom. The van der Waals surface area contributed by atoms with E-state index in [9.17, 15) is 4.79 Å². The average Bonchev–Trinajstić information content (AvgIpc) is 2.38. The van der Waals surface area contributed by atoms with Crippen LogP contribution in [0.5, 0.6) is 0 Å². The largest absolute Gasteiger partial charge is 0.339 e. The minimum atomic E-state index is -0.0777. The number of hydrogen-bond acceptors (Lipinski definition) is 1. The molecule has 0 N–H and O–H groups in total. The van der Waals surface area contributed by atoms with Gasteiger partial charge in [-0.25, -0.2) is 0 Å². The molecule has 0 saturated carbocycles. The second-order valence-corrected chi connectivity index (χ2v) is 6.73. The number of rotatable bonds is 1. The zero-order chi connectivity index (χ0) is 14.0. The molecule has 1 heterocycles. The van der Waals surface area contributed by atoms with Crippen molar-refractivity contribution in [3.63, 3.8) is 0 Å². The summed E-state index contributed by atoms with van der Waals surface area (Å²) in [5, 5.41) is 0.695.